The summed E-state index contributed by atoms with van der Waals surface area (Å²) in [6.45, 7) is 4.21. The summed E-state index contributed by atoms with van der Waals surface area (Å²) in [7, 11) is -3.14. The minimum Gasteiger partial charge on any atom is -0.224 e. The zero-order valence-corrected chi connectivity index (χ0v) is 12.8. The maximum Gasteiger partial charge on any atom is 0.175 e. The highest BCUT2D eigenvalue weighted by atomic mass is 35.5. The molecule has 0 aliphatic heterocycles. The molecule has 102 valence electrons. The molecule has 0 bridgehead atoms. The van der Waals surface area contributed by atoms with Crippen LogP contribution in [0.4, 0.5) is 0 Å². The van der Waals surface area contributed by atoms with E-state index in [2.05, 4.69) is 13.8 Å². The van der Waals surface area contributed by atoms with Gasteiger partial charge in [-0.05, 0) is 35.3 Å². The quantitative estimate of drug-likeness (QED) is 0.843. The van der Waals surface area contributed by atoms with Gasteiger partial charge in [-0.2, -0.15) is 0 Å². The van der Waals surface area contributed by atoms with Crippen molar-refractivity contribution >= 4 is 21.4 Å². The van der Waals surface area contributed by atoms with Crippen molar-refractivity contribution in [3.63, 3.8) is 0 Å². The number of sulfone groups is 1. The smallest absolute Gasteiger partial charge is 0.175 e. The van der Waals surface area contributed by atoms with Crippen LogP contribution in [0.2, 0.25) is 5.02 Å². The topological polar surface area (TPSA) is 34.1 Å². The fourth-order valence-corrected chi connectivity index (χ4v) is 3.18. The summed E-state index contributed by atoms with van der Waals surface area (Å²) in [4.78, 5) is 0.391. The molecule has 4 heteroatoms. The lowest BCUT2D eigenvalue weighted by molar-refractivity contribution is 0.608. The van der Waals surface area contributed by atoms with Gasteiger partial charge in [0.05, 0.1) is 4.91 Å². The molecule has 0 radical (unpaired) electrons. The average Bonchev–Trinajstić information content (AvgIpc) is 2.77. The van der Waals surface area contributed by atoms with Crippen molar-refractivity contribution in [2.24, 2.45) is 0 Å². The molecule has 1 aromatic carbocycles. The Hall–Kier alpha value is -1.06. The van der Waals surface area contributed by atoms with Crippen LogP contribution in [0.5, 0.6) is 0 Å². The first-order chi connectivity index (χ1) is 8.79. The highest BCUT2D eigenvalue weighted by molar-refractivity contribution is 7.94. The summed E-state index contributed by atoms with van der Waals surface area (Å²) in [6.07, 6.45) is 6.63. The van der Waals surface area contributed by atoms with Crippen LogP contribution in [-0.2, 0) is 9.84 Å². The molecule has 0 saturated carbocycles. The second-order valence-electron chi connectivity index (χ2n) is 5.15. The molecule has 0 N–H and O–H groups in total. The summed E-state index contributed by atoms with van der Waals surface area (Å²) in [5.41, 5.74) is 2.28. The minimum absolute atomic E-state index is 0.0133. The van der Waals surface area contributed by atoms with Crippen LogP contribution in [0, 0.1) is 0 Å². The first kappa shape index (κ1) is 14.4. The van der Waals surface area contributed by atoms with E-state index in [-0.39, 0.29) is 5.92 Å². The van der Waals surface area contributed by atoms with Crippen LogP contribution in [0.25, 0.3) is 0 Å². The third kappa shape index (κ3) is 3.10. The third-order valence-electron chi connectivity index (χ3n) is 3.27. The Morgan fingerprint density at radius 3 is 2.47 bits per heavy atom. The molecule has 1 aliphatic rings. The molecule has 1 aromatic rings. The van der Waals surface area contributed by atoms with E-state index in [9.17, 15) is 8.42 Å². The number of rotatable bonds is 3. The zero-order chi connectivity index (χ0) is 14.2. The first-order valence-electron chi connectivity index (χ1n) is 6.18. The molecular weight excluding hydrogens is 280 g/mol. The molecule has 0 amide bonds. The Morgan fingerprint density at radius 2 is 1.95 bits per heavy atom. The lowest BCUT2D eigenvalue weighted by atomic mass is 9.89. The van der Waals surface area contributed by atoms with Crippen molar-refractivity contribution < 1.29 is 8.42 Å². The van der Waals surface area contributed by atoms with Crippen molar-refractivity contribution in [3.8, 4) is 0 Å². The predicted molar refractivity (Wildman–Crippen MR) is 80.3 cm³/mol. The summed E-state index contributed by atoms with van der Waals surface area (Å²) in [6, 6.07) is 5.79. The standard InChI is InChI=1S/C15H17ClO2S/c1-10(2)15-9-12(16)5-7-14(15)11-4-6-13(8-11)19(3,17)18/h4-11H,1-3H3. The van der Waals surface area contributed by atoms with Gasteiger partial charge in [0.1, 0.15) is 0 Å². The fourth-order valence-electron chi connectivity index (χ4n) is 2.28. The second kappa shape index (κ2) is 5.14. The Bertz CT molecular complexity index is 655. The number of halogens is 1. The second-order valence-corrected chi connectivity index (χ2v) is 7.61. The highest BCUT2D eigenvalue weighted by Crippen LogP contribution is 2.34. The largest absolute Gasteiger partial charge is 0.224 e. The normalized spacial score (nSPS) is 19.0. The van der Waals surface area contributed by atoms with Gasteiger partial charge in [0.2, 0.25) is 0 Å². The van der Waals surface area contributed by atoms with Crippen molar-refractivity contribution in [2.75, 3.05) is 6.26 Å². The number of hydrogen-bond acceptors (Lipinski definition) is 2. The van der Waals surface area contributed by atoms with Gasteiger partial charge in [-0.15, -0.1) is 0 Å². The predicted octanol–water partition coefficient (Wildman–Crippen LogP) is 4.05. The van der Waals surface area contributed by atoms with E-state index in [0.717, 1.165) is 11.1 Å². The third-order valence-corrected chi connectivity index (χ3v) is 4.63. The molecule has 19 heavy (non-hydrogen) atoms. The van der Waals surface area contributed by atoms with E-state index in [1.807, 2.05) is 24.3 Å². The van der Waals surface area contributed by atoms with Gasteiger partial charge in [0.15, 0.2) is 9.84 Å². The molecule has 1 aliphatic carbocycles. The Balaban J connectivity index is 2.46. The van der Waals surface area contributed by atoms with Gasteiger partial charge >= 0.3 is 0 Å². The molecule has 0 spiro atoms. The number of benzene rings is 1. The van der Waals surface area contributed by atoms with E-state index >= 15 is 0 Å². The van der Waals surface area contributed by atoms with Crippen molar-refractivity contribution in [1.29, 1.82) is 0 Å². The summed E-state index contributed by atoms with van der Waals surface area (Å²) in [5.74, 6) is 0.358. The number of allylic oxidation sites excluding steroid dienone is 3. The molecule has 0 fully saturated rings. The molecule has 0 saturated heterocycles. The Labute approximate surface area is 119 Å². The summed E-state index contributed by atoms with van der Waals surface area (Å²) < 4.78 is 23.1. The molecule has 2 rings (SSSR count). The van der Waals surface area contributed by atoms with Crippen molar-refractivity contribution in [1.82, 2.24) is 0 Å². The monoisotopic (exact) mass is 296 g/mol. The Kier molecular flexibility index (Phi) is 3.88. The molecule has 0 aromatic heterocycles. The maximum atomic E-state index is 11.5. The maximum absolute atomic E-state index is 11.5. The van der Waals surface area contributed by atoms with E-state index in [1.54, 1.807) is 12.2 Å². The van der Waals surface area contributed by atoms with Gasteiger partial charge in [-0.1, -0.05) is 43.7 Å². The van der Waals surface area contributed by atoms with Crippen LogP contribution in [0.1, 0.15) is 36.8 Å². The van der Waals surface area contributed by atoms with E-state index < -0.39 is 9.84 Å². The summed E-state index contributed by atoms with van der Waals surface area (Å²) in [5, 5.41) is 0.710. The first-order valence-corrected chi connectivity index (χ1v) is 8.45. The van der Waals surface area contributed by atoms with E-state index in [1.165, 1.54) is 6.26 Å². The molecule has 0 heterocycles. The van der Waals surface area contributed by atoms with Crippen LogP contribution < -0.4 is 0 Å². The van der Waals surface area contributed by atoms with E-state index in [0.29, 0.717) is 15.8 Å². The van der Waals surface area contributed by atoms with Gasteiger partial charge in [-0.3, -0.25) is 0 Å². The average molecular weight is 297 g/mol. The van der Waals surface area contributed by atoms with Crippen LogP contribution in [-0.4, -0.2) is 14.7 Å². The van der Waals surface area contributed by atoms with Gasteiger partial charge < -0.3 is 0 Å². The highest BCUT2D eigenvalue weighted by Gasteiger charge is 2.20. The lowest BCUT2D eigenvalue weighted by Crippen LogP contribution is -2.00. The van der Waals surface area contributed by atoms with Gasteiger partial charge in [0, 0.05) is 17.2 Å². The minimum atomic E-state index is -3.14. The zero-order valence-electron chi connectivity index (χ0n) is 11.2. The van der Waals surface area contributed by atoms with Crippen molar-refractivity contribution in [3.05, 3.63) is 57.5 Å². The van der Waals surface area contributed by atoms with Gasteiger partial charge in [0.25, 0.3) is 0 Å². The fraction of sp³-hybridized carbons (Fsp3) is 0.333. The van der Waals surface area contributed by atoms with Crippen molar-refractivity contribution in [2.45, 2.75) is 25.7 Å². The summed E-state index contributed by atoms with van der Waals surface area (Å²) >= 11 is 6.04. The number of hydrogen-bond donors (Lipinski definition) is 0. The van der Waals surface area contributed by atoms with Crippen LogP contribution >= 0.6 is 11.6 Å². The van der Waals surface area contributed by atoms with E-state index in [4.69, 9.17) is 11.6 Å². The van der Waals surface area contributed by atoms with Crippen LogP contribution in [0.15, 0.2) is 41.3 Å². The molecular formula is C15H17ClO2S. The van der Waals surface area contributed by atoms with Crippen LogP contribution in [0.3, 0.4) is 0 Å². The SMILES string of the molecule is CC(C)c1cc(Cl)ccc1C1C=CC(S(C)(=O)=O)=C1. The Morgan fingerprint density at radius 1 is 1.26 bits per heavy atom. The molecule has 2 nitrogen and oxygen atoms in total. The molecule has 1 unspecified atom stereocenters. The lowest BCUT2D eigenvalue weighted by Gasteiger charge is -2.16. The van der Waals surface area contributed by atoms with Gasteiger partial charge in [-0.25, -0.2) is 8.42 Å². The molecule has 1 atom stereocenters.